The van der Waals surface area contributed by atoms with Crippen LogP contribution in [0.25, 0.3) is 0 Å². The van der Waals surface area contributed by atoms with E-state index in [-0.39, 0.29) is 0 Å². The lowest BCUT2D eigenvalue weighted by Gasteiger charge is -2.39. The van der Waals surface area contributed by atoms with Crippen LogP contribution in [0.15, 0.2) is 22.7 Å². The number of anilines is 1. The Hall–Kier alpha value is -0.870. The first kappa shape index (κ1) is 12.6. The second-order valence-electron chi connectivity index (χ2n) is 4.60. The quantitative estimate of drug-likeness (QED) is 0.783. The first-order valence-electron chi connectivity index (χ1n) is 5.81. The smallest absolute Gasteiger partial charge is 0.150 e. The zero-order chi connectivity index (χ0) is 12.4. The lowest BCUT2D eigenvalue weighted by atomic mass is 10.1. The molecule has 1 unspecified atom stereocenters. The molecular weight excluding hydrogens is 280 g/mol. The van der Waals surface area contributed by atoms with Gasteiger partial charge in [0.1, 0.15) is 6.29 Å². The van der Waals surface area contributed by atoms with E-state index in [1.165, 1.54) is 5.69 Å². The minimum Gasteiger partial charge on any atom is -0.368 e. The molecule has 1 aliphatic rings. The lowest BCUT2D eigenvalue weighted by Crippen LogP contribution is -2.50. The largest absolute Gasteiger partial charge is 0.368 e. The maximum atomic E-state index is 10.7. The molecule has 17 heavy (non-hydrogen) atoms. The summed E-state index contributed by atoms with van der Waals surface area (Å²) in [6.45, 7) is 5.36. The Bertz CT molecular complexity index is 422. The molecule has 1 atom stereocenters. The Morgan fingerprint density at radius 3 is 2.76 bits per heavy atom. The van der Waals surface area contributed by atoms with Crippen molar-refractivity contribution < 1.29 is 4.79 Å². The second kappa shape index (κ2) is 5.19. The number of aldehydes is 1. The molecule has 0 N–H and O–H groups in total. The van der Waals surface area contributed by atoms with Crippen molar-refractivity contribution in [2.75, 3.05) is 31.6 Å². The van der Waals surface area contributed by atoms with E-state index in [1.54, 1.807) is 0 Å². The monoisotopic (exact) mass is 296 g/mol. The molecule has 0 bridgehead atoms. The van der Waals surface area contributed by atoms with Crippen molar-refractivity contribution in [1.82, 2.24) is 4.90 Å². The summed E-state index contributed by atoms with van der Waals surface area (Å²) in [5.41, 5.74) is 1.89. The fourth-order valence-corrected chi connectivity index (χ4v) is 2.77. The number of hydrogen-bond acceptors (Lipinski definition) is 3. The van der Waals surface area contributed by atoms with E-state index in [4.69, 9.17) is 0 Å². The van der Waals surface area contributed by atoms with Gasteiger partial charge in [0.15, 0.2) is 0 Å². The molecule has 0 aromatic heterocycles. The molecule has 3 nitrogen and oxygen atoms in total. The molecule has 1 aromatic rings. The van der Waals surface area contributed by atoms with Gasteiger partial charge in [0.2, 0.25) is 0 Å². The molecule has 1 saturated heterocycles. The number of carbonyl (C=O) groups excluding carboxylic acids is 1. The van der Waals surface area contributed by atoms with Crippen molar-refractivity contribution >= 4 is 27.9 Å². The summed E-state index contributed by atoms with van der Waals surface area (Å²) in [6.07, 6.45) is 0.876. The number of piperazine rings is 1. The SMILES string of the molecule is CC1CN(c2ccc(C=O)cc2Br)CCN1C. The fraction of sp³-hybridized carbons (Fsp3) is 0.462. The van der Waals surface area contributed by atoms with Gasteiger partial charge in [0, 0.05) is 35.7 Å². The van der Waals surface area contributed by atoms with Crippen LogP contribution in [0.4, 0.5) is 5.69 Å². The molecular formula is C13H17BrN2O. The molecule has 0 radical (unpaired) electrons. The predicted molar refractivity (Wildman–Crippen MR) is 73.8 cm³/mol. The van der Waals surface area contributed by atoms with Gasteiger partial charge in [-0.1, -0.05) is 0 Å². The molecule has 0 saturated carbocycles. The van der Waals surface area contributed by atoms with Gasteiger partial charge in [-0.15, -0.1) is 0 Å². The van der Waals surface area contributed by atoms with E-state index >= 15 is 0 Å². The number of nitrogens with zero attached hydrogens (tertiary/aromatic N) is 2. The van der Waals surface area contributed by atoms with Gasteiger partial charge in [-0.3, -0.25) is 4.79 Å². The van der Waals surface area contributed by atoms with E-state index in [9.17, 15) is 4.79 Å². The molecule has 0 amide bonds. The first-order valence-corrected chi connectivity index (χ1v) is 6.61. The zero-order valence-corrected chi connectivity index (χ0v) is 11.8. The summed E-state index contributed by atoms with van der Waals surface area (Å²) in [5.74, 6) is 0. The van der Waals surface area contributed by atoms with Gasteiger partial charge in [-0.2, -0.15) is 0 Å². The molecule has 2 rings (SSSR count). The van der Waals surface area contributed by atoms with Crippen LogP contribution in [0, 0.1) is 0 Å². The highest BCUT2D eigenvalue weighted by atomic mass is 79.9. The predicted octanol–water partition coefficient (Wildman–Crippen LogP) is 2.40. The number of halogens is 1. The van der Waals surface area contributed by atoms with Crippen LogP contribution in [-0.2, 0) is 0 Å². The molecule has 0 aliphatic carbocycles. The van der Waals surface area contributed by atoms with Crippen LogP contribution < -0.4 is 4.90 Å². The molecule has 4 heteroatoms. The Morgan fingerprint density at radius 2 is 2.18 bits per heavy atom. The van der Waals surface area contributed by atoms with Crippen LogP contribution in [0.1, 0.15) is 17.3 Å². The Labute approximate surface area is 111 Å². The maximum Gasteiger partial charge on any atom is 0.150 e. The highest BCUT2D eigenvalue weighted by molar-refractivity contribution is 9.10. The topological polar surface area (TPSA) is 23.6 Å². The summed E-state index contributed by atoms with van der Waals surface area (Å²) < 4.78 is 0.999. The van der Waals surface area contributed by atoms with Gasteiger partial charge >= 0.3 is 0 Å². The Kier molecular flexibility index (Phi) is 3.84. The van der Waals surface area contributed by atoms with Gasteiger partial charge in [-0.25, -0.2) is 0 Å². The van der Waals surface area contributed by atoms with E-state index in [2.05, 4.69) is 39.7 Å². The average Bonchev–Trinajstić information content (AvgIpc) is 2.32. The number of hydrogen-bond donors (Lipinski definition) is 0. The van der Waals surface area contributed by atoms with E-state index in [0.29, 0.717) is 11.6 Å². The summed E-state index contributed by atoms with van der Waals surface area (Å²) in [5, 5.41) is 0. The summed E-state index contributed by atoms with van der Waals surface area (Å²) in [7, 11) is 2.16. The Balaban J connectivity index is 2.20. The third-order valence-electron chi connectivity index (χ3n) is 3.41. The van der Waals surface area contributed by atoms with Crippen LogP contribution >= 0.6 is 15.9 Å². The van der Waals surface area contributed by atoms with E-state index < -0.39 is 0 Å². The summed E-state index contributed by atoms with van der Waals surface area (Å²) in [6, 6.07) is 6.33. The fourth-order valence-electron chi connectivity index (χ4n) is 2.12. The molecule has 1 aliphatic heterocycles. The van der Waals surface area contributed by atoms with E-state index in [1.807, 2.05) is 18.2 Å². The molecule has 1 fully saturated rings. The van der Waals surface area contributed by atoms with Crippen LogP contribution in [0.2, 0.25) is 0 Å². The van der Waals surface area contributed by atoms with Crippen molar-refractivity contribution in [2.24, 2.45) is 0 Å². The highest BCUT2D eigenvalue weighted by Gasteiger charge is 2.21. The van der Waals surface area contributed by atoms with Gasteiger partial charge in [0.25, 0.3) is 0 Å². The zero-order valence-electron chi connectivity index (χ0n) is 10.2. The number of benzene rings is 1. The number of likely N-dealkylation sites (N-methyl/N-ethyl adjacent to an activating group) is 1. The number of rotatable bonds is 2. The van der Waals surface area contributed by atoms with Crippen LogP contribution in [0.5, 0.6) is 0 Å². The van der Waals surface area contributed by atoms with Crippen molar-refractivity contribution in [3.63, 3.8) is 0 Å². The summed E-state index contributed by atoms with van der Waals surface area (Å²) in [4.78, 5) is 15.4. The third-order valence-corrected chi connectivity index (χ3v) is 4.04. The molecule has 1 heterocycles. The van der Waals surface area contributed by atoms with Crippen LogP contribution in [0.3, 0.4) is 0 Å². The maximum absolute atomic E-state index is 10.7. The molecule has 0 spiro atoms. The first-order chi connectivity index (χ1) is 8.11. The van der Waals surface area contributed by atoms with Crippen molar-refractivity contribution in [2.45, 2.75) is 13.0 Å². The van der Waals surface area contributed by atoms with E-state index in [0.717, 1.165) is 30.4 Å². The summed E-state index contributed by atoms with van der Waals surface area (Å²) >= 11 is 3.54. The number of carbonyl (C=O) groups is 1. The van der Waals surface area contributed by atoms with Crippen molar-refractivity contribution in [3.05, 3.63) is 28.2 Å². The Morgan fingerprint density at radius 1 is 1.41 bits per heavy atom. The minimum absolute atomic E-state index is 0.557. The standard InChI is InChI=1S/C13H17BrN2O/c1-10-8-16(6-5-15(10)2)13-4-3-11(9-17)7-12(13)14/h3-4,7,9-10H,5-6,8H2,1-2H3. The van der Waals surface area contributed by atoms with Crippen LogP contribution in [-0.4, -0.2) is 43.9 Å². The van der Waals surface area contributed by atoms with Crippen molar-refractivity contribution in [1.29, 1.82) is 0 Å². The minimum atomic E-state index is 0.557. The van der Waals surface area contributed by atoms with Gasteiger partial charge in [-0.05, 0) is 48.1 Å². The molecule has 92 valence electrons. The van der Waals surface area contributed by atoms with Gasteiger partial charge < -0.3 is 9.80 Å². The molecule has 1 aromatic carbocycles. The third kappa shape index (κ3) is 2.69. The average molecular weight is 297 g/mol. The van der Waals surface area contributed by atoms with Gasteiger partial charge in [0.05, 0.1) is 5.69 Å². The highest BCUT2D eigenvalue weighted by Crippen LogP contribution is 2.28. The second-order valence-corrected chi connectivity index (χ2v) is 5.46. The normalized spacial score (nSPS) is 21.6. The van der Waals surface area contributed by atoms with Crippen molar-refractivity contribution in [3.8, 4) is 0 Å². The lowest BCUT2D eigenvalue weighted by molar-refractivity contribution is 0.112.